The molecule has 0 saturated heterocycles. The second kappa shape index (κ2) is 7.35. The molecule has 0 aliphatic rings. The van der Waals surface area contributed by atoms with Gasteiger partial charge in [-0.25, -0.2) is 0 Å². The van der Waals surface area contributed by atoms with E-state index in [1.807, 2.05) is 6.08 Å². The summed E-state index contributed by atoms with van der Waals surface area (Å²) in [7, 11) is 0. The van der Waals surface area contributed by atoms with Crippen LogP contribution in [0.2, 0.25) is 0 Å². The molecule has 0 aliphatic heterocycles. The van der Waals surface area contributed by atoms with E-state index in [9.17, 15) is 0 Å². The highest BCUT2D eigenvalue weighted by Gasteiger charge is 1.94. The fourth-order valence-electron chi connectivity index (χ4n) is 1.21. The van der Waals surface area contributed by atoms with Gasteiger partial charge in [-0.1, -0.05) is 38.3 Å². The minimum atomic E-state index is 0.190. The minimum Gasteiger partial charge on any atom is -0.392 e. The Bertz CT molecular complexity index is 125. The SMILES string of the molecule is CC(=CCO)CCCCC(C)C. The van der Waals surface area contributed by atoms with Crippen LogP contribution >= 0.6 is 0 Å². The summed E-state index contributed by atoms with van der Waals surface area (Å²) in [5.74, 6) is 0.826. The first kappa shape index (κ1) is 11.7. The molecule has 1 nitrogen and oxygen atoms in total. The van der Waals surface area contributed by atoms with Crippen LogP contribution in [0.5, 0.6) is 0 Å². The normalized spacial score (nSPS) is 12.6. The van der Waals surface area contributed by atoms with Gasteiger partial charge in [-0.05, 0) is 25.7 Å². The first-order valence-corrected chi connectivity index (χ1v) is 4.93. The molecule has 0 unspecified atom stereocenters. The number of hydrogen-bond donors (Lipinski definition) is 1. The molecule has 0 aliphatic carbocycles. The van der Waals surface area contributed by atoms with E-state index in [0.717, 1.165) is 12.3 Å². The van der Waals surface area contributed by atoms with E-state index in [1.165, 1.54) is 24.8 Å². The summed E-state index contributed by atoms with van der Waals surface area (Å²) < 4.78 is 0. The highest BCUT2D eigenvalue weighted by atomic mass is 16.2. The molecule has 0 atom stereocenters. The summed E-state index contributed by atoms with van der Waals surface area (Å²) in [6.45, 7) is 6.80. The van der Waals surface area contributed by atoms with Crippen molar-refractivity contribution in [3.05, 3.63) is 11.6 Å². The average Bonchev–Trinajstić information content (AvgIpc) is 1.98. The first-order chi connectivity index (χ1) is 5.66. The van der Waals surface area contributed by atoms with Crippen LogP contribution in [0, 0.1) is 5.92 Å². The molecule has 0 fully saturated rings. The van der Waals surface area contributed by atoms with Gasteiger partial charge in [0.2, 0.25) is 0 Å². The predicted octanol–water partition coefficient (Wildman–Crippen LogP) is 3.14. The largest absolute Gasteiger partial charge is 0.392 e. The lowest BCUT2D eigenvalue weighted by Gasteiger charge is -2.04. The number of hydrogen-bond acceptors (Lipinski definition) is 1. The smallest absolute Gasteiger partial charge is 0.0614 e. The van der Waals surface area contributed by atoms with Crippen molar-refractivity contribution in [3.63, 3.8) is 0 Å². The van der Waals surface area contributed by atoms with Crippen molar-refractivity contribution in [1.29, 1.82) is 0 Å². The molecule has 0 aromatic heterocycles. The van der Waals surface area contributed by atoms with E-state index in [0.29, 0.717) is 0 Å². The summed E-state index contributed by atoms with van der Waals surface area (Å²) in [5, 5.41) is 8.61. The van der Waals surface area contributed by atoms with Crippen molar-refractivity contribution in [2.45, 2.75) is 46.5 Å². The molecule has 1 heteroatoms. The molecule has 0 saturated carbocycles. The molecule has 12 heavy (non-hydrogen) atoms. The number of allylic oxidation sites excluding steroid dienone is 1. The van der Waals surface area contributed by atoms with Gasteiger partial charge in [-0.3, -0.25) is 0 Å². The van der Waals surface area contributed by atoms with Gasteiger partial charge in [0, 0.05) is 0 Å². The number of rotatable bonds is 6. The van der Waals surface area contributed by atoms with Crippen molar-refractivity contribution >= 4 is 0 Å². The topological polar surface area (TPSA) is 20.2 Å². The third-order valence-corrected chi connectivity index (χ3v) is 2.04. The van der Waals surface area contributed by atoms with Crippen LogP contribution in [0.25, 0.3) is 0 Å². The zero-order valence-corrected chi connectivity index (χ0v) is 8.64. The molecule has 0 radical (unpaired) electrons. The highest BCUT2D eigenvalue weighted by molar-refractivity contribution is 4.97. The number of aliphatic hydroxyl groups is 1. The van der Waals surface area contributed by atoms with Gasteiger partial charge in [0.25, 0.3) is 0 Å². The Hall–Kier alpha value is -0.300. The van der Waals surface area contributed by atoms with Gasteiger partial charge in [-0.2, -0.15) is 0 Å². The van der Waals surface area contributed by atoms with Gasteiger partial charge in [0.1, 0.15) is 0 Å². The standard InChI is InChI=1S/C11H22O/c1-10(2)6-4-5-7-11(3)8-9-12/h8,10,12H,4-7,9H2,1-3H3. The van der Waals surface area contributed by atoms with Crippen LogP contribution < -0.4 is 0 Å². The quantitative estimate of drug-likeness (QED) is 0.479. The second-order valence-electron chi connectivity index (χ2n) is 3.87. The molecule has 0 bridgehead atoms. The Labute approximate surface area is 76.5 Å². The molecule has 0 spiro atoms. The molecule has 0 rings (SSSR count). The molecular formula is C11H22O. The van der Waals surface area contributed by atoms with Gasteiger partial charge in [-0.15, -0.1) is 0 Å². The number of aliphatic hydroxyl groups excluding tert-OH is 1. The van der Waals surface area contributed by atoms with E-state index < -0.39 is 0 Å². The fourth-order valence-corrected chi connectivity index (χ4v) is 1.21. The monoisotopic (exact) mass is 170 g/mol. The molecular weight excluding hydrogens is 148 g/mol. The summed E-state index contributed by atoms with van der Waals surface area (Å²) in [6.07, 6.45) is 6.95. The lowest BCUT2D eigenvalue weighted by Crippen LogP contribution is -1.88. The molecule has 0 aromatic carbocycles. The second-order valence-corrected chi connectivity index (χ2v) is 3.87. The van der Waals surface area contributed by atoms with Gasteiger partial charge in [0.15, 0.2) is 0 Å². The van der Waals surface area contributed by atoms with Crippen LogP contribution in [0.3, 0.4) is 0 Å². The third-order valence-electron chi connectivity index (χ3n) is 2.04. The minimum absolute atomic E-state index is 0.190. The molecule has 0 heterocycles. The molecule has 0 amide bonds. The van der Waals surface area contributed by atoms with Crippen LogP contribution in [-0.2, 0) is 0 Å². The Morgan fingerprint density at radius 1 is 1.33 bits per heavy atom. The highest BCUT2D eigenvalue weighted by Crippen LogP contribution is 2.11. The third kappa shape index (κ3) is 7.80. The Morgan fingerprint density at radius 3 is 2.50 bits per heavy atom. The van der Waals surface area contributed by atoms with E-state index in [2.05, 4.69) is 20.8 Å². The maximum absolute atomic E-state index is 8.61. The summed E-state index contributed by atoms with van der Waals surface area (Å²) >= 11 is 0. The Morgan fingerprint density at radius 2 is 2.00 bits per heavy atom. The zero-order valence-electron chi connectivity index (χ0n) is 8.64. The number of unbranched alkanes of at least 4 members (excludes halogenated alkanes) is 1. The van der Waals surface area contributed by atoms with Crippen LogP contribution in [0.15, 0.2) is 11.6 Å². The molecule has 0 aromatic rings. The summed E-state index contributed by atoms with van der Waals surface area (Å²) in [6, 6.07) is 0. The van der Waals surface area contributed by atoms with Crippen LogP contribution in [0.1, 0.15) is 46.5 Å². The molecule has 72 valence electrons. The van der Waals surface area contributed by atoms with Crippen molar-refractivity contribution in [3.8, 4) is 0 Å². The maximum Gasteiger partial charge on any atom is 0.0614 e. The predicted molar refractivity (Wildman–Crippen MR) is 54.1 cm³/mol. The van der Waals surface area contributed by atoms with Crippen molar-refractivity contribution in [2.24, 2.45) is 5.92 Å². The Kier molecular flexibility index (Phi) is 7.17. The van der Waals surface area contributed by atoms with Gasteiger partial charge >= 0.3 is 0 Å². The van der Waals surface area contributed by atoms with Gasteiger partial charge < -0.3 is 5.11 Å². The van der Waals surface area contributed by atoms with E-state index >= 15 is 0 Å². The van der Waals surface area contributed by atoms with E-state index in [4.69, 9.17) is 5.11 Å². The lowest BCUT2D eigenvalue weighted by atomic mass is 10.0. The molecule has 1 N–H and O–H groups in total. The fraction of sp³-hybridized carbons (Fsp3) is 0.818. The summed E-state index contributed by atoms with van der Waals surface area (Å²) in [5.41, 5.74) is 1.32. The Balaban J connectivity index is 3.25. The zero-order chi connectivity index (χ0) is 9.40. The average molecular weight is 170 g/mol. The summed E-state index contributed by atoms with van der Waals surface area (Å²) in [4.78, 5) is 0. The lowest BCUT2D eigenvalue weighted by molar-refractivity contribution is 0.341. The van der Waals surface area contributed by atoms with Crippen molar-refractivity contribution in [2.75, 3.05) is 6.61 Å². The maximum atomic E-state index is 8.61. The van der Waals surface area contributed by atoms with Gasteiger partial charge in [0.05, 0.1) is 6.61 Å². The first-order valence-electron chi connectivity index (χ1n) is 4.93. The van der Waals surface area contributed by atoms with Crippen LogP contribution in [-0.4, -0.2) is 11.7 Å². The van der Waals surface area contributed by atoms with Crippen molar-refractivity contribution < 1.29 is 5.11 Å². The van der Waals surface area contributed by atoms with E-state index in [1.54, 1.807) is 0 Å². The van der Waals surface area contributed by atoms with E-state index in [-0.39, 0.29) is 6.61 Å². The van der Waals surface area contributed by atoms with Crippen molar-refractivity contribution in [1.82, 2.24) is 0 Å². The van der Waals surface area contributed by atoms with Crippen LogP contribution in [0.4, 0.5) is 0 Å².